The molecule has 0 radical (unpaired) electrons. The molecule has 2 heterocycles. The zero-order chi connectivity index (χ0) is 12.7. The average Bonchev–Trinajstić information content (AvgIpc) is 2.86. The number of ether oxygens (including phenoxy) is 2. The van der Waals surface area contributed by atoms with Crippen LogP contribution in [0.15, 0.2) is 0 Å². The van der Waals surface area contributed by atoms with Gasteiger partial charge < -0.3 is 33.6 Å². The second-order valence-corrected chi connectivity index (χ2v) is 6.87. The Bertz CT molecular complexity index is 316. The first-order chi connectivity index (χ1) is 7.03. The molecule has 17 heavy (non-hydrogen) atoms. The van der Waals surface area contributed by atoms with Gasteiger partial charge in [-0.1, -0.05) is 0 Å². The van der Waals surface area contributed by atoms with E-state index >= 15 is 0 Å². The Morgan fingerprint density at radius 3 is 1.29 bits per heavy atom. The van der Waals surface area contributed by atoms with Crippen LogP contribution in [0, 0.1) is 0 Å². The van der Waals surface area contributed by atoms with Crippen LogP contribution in [-0.4, -0.2) is 71.4 Å². The third-order valence-electron chi connectivity index (χ3n) is 2.00. The summed E-state index contributed by atoms with van der Waals surface area (Å²) in [5, 5.41) is 0. The second kappa shape index (κ2) is 6.29. The topological polar surface area (TPSA) is 146 Å². The Labute approximate surface area is 128 Å². The Balaban J connectivity index is 0.000000284. The number of hydrogen-bond acceptors (Lipinski definition) is 6. The standard InChI is InChI=1S/2C3H7O4P.Ca/c2*1-2-3(7-2)8(4,5)6;/h2*2-3H,1H3,(H2,4,5,6);/q;;+2/p-2/t2*2-,3+;/m00./s1. The van der Waals surface area contributed by atoms with E-state index in [4.69, 9.17) is 9.79 Å². The van der Waals surface area contributed by atoms with Gasteiger partial charge >= 0.3 is 45.3 Å². The van der Waals surface area contributed by atoms with E-state index in [1.165, 1.54) is 0 Å². The molecule has 0 saturated carbocycles. The summed E-state index contributed by atoms with van der Waals surface area (Å²) in [4.78, 5) is 36.5. The van der Waals surface area contributed by atoms with Crippen molar-refractivity contribution in [1.29, 1.82) is 0 Å². The first kappa shape index (κ1) is 18.5. The van der Waals surface area contributed by atoms with Crippen molar-refractivity contribution >= 4 is 52.9 Å². The Morgan fingerprint density at radius 1 is 1.00 bits per heavy atom. The van der Waals surface area contributed by atoms with E-state index in [-0.39, 0.29) is 49.9 Å². The molecular weight excluding hydrogens is 302 g/mol. The van der Waals surface area contributed by atoms with Crippen molar-refractivity contribution in [3.63, 3.8) is 0 Å². The Hall–Kier alpha value is 1.48. The zero-order valence-electron chi connectivity index (χ0n) is 9.25. The van der Waals surface area contributed by atoms with Crippen LogP contribution in [-0.2, 0) is 18.6 Å². The molecule has 4 atom stereocenters. The maximum absolute atomic E-state index is 10.2. The molecule has 2 saturated heterocycles. The van der Waals surface area contributed by atoms with E-state index in [9.17, 15) is 18.9 Å². The SMILES string of the molecule is C[C@@H]1O[C@@H]1P(=O)(O)O.C[C@@H]1O[C@@H]1P(=O)([O-])[O-].[Ca+2]. The van der Waals surface area contributed by atoms with Gasteiger partial charge in [0.1, 0.15) is 5.85 Å². The van der Waals surface area contributed by atoms with Gasteiger partial charge in [0.25, 0.3) is 0 Å². The maximum atomic E-state index is 10.2. The van der Waals surface area contributed by atoms with Crippen molar-refractivity contribution < 1.29 is 38.2 Å². The van der Waals surface area contributed by atoms with Crippen LogP contribution in [0.1, 0.15) is 13.8 Å². The number of hydrogen-bond donors (Lipinski definition) is 2. The van der Waals surface area contributed by atoms with Crippen molar-refractivity contribution in [2.24, 2.45) is 0 Å². The van der Waals surface area contributed by atoms with Crippen LogP contribution < -0.4 is 9.79 Å². The quantitative estimate of drug-likeness (QED) is 0.344. The maximum Gasteiger partial charge on any atom is 2.00 e. The van der Waals surface area contributed by atoms with E-state index in [1.54, 1.807) is 13.8 Å². The molecule has 0 aromatic carbocycles. The minimum atomic E-state index is -4.40. The first-order valence-electron chi connectivity index (χ1n) is 4.41. The third kappa shape index (κ3) is 6.45. The molecule has 0 bridgehead atoms. The van der Waals surface area contributed by atoms with E-state index < -0.39 is 26.9 Å². The predicted molar refractivity (Wildman–Crippen MR) is 54.1 cm³/mol. The van der Waals surface area contributed by atoms with Crippen LogP contribution in [0.25, 0.3) is 0 Å². The molecule has 11 heteroatoms. The van der Waals surface area contributed by atoms with Crippen molar-refractivity contribution in [1.82, 2.24) is 0 Å². The second-order valence-electron chi connectivity index (χ2n) is 3.59. The van der Waals surface area contributed by atoms with Gasteiger partial charge in [0, 0.05) is 0 Å². The Morgan fingerprint density at radius 2 is 1.29 bits per heavy atom. The van der Waals surface area contributed by atoms with E-state index in [0.29, 0.717) is 0 Å². The number of epoxide rings is 2. The van der Waals surface area contributed by atoms with Gasteiger partial charge in [-0.05, 0) is 21.4 Å². The Kier molecular flexibility index (Phi) is 6.83. The smallest absolute Gasteiger partial charge is 0.809 e. The van der Waals surface area contributed by atoms with Gasteiger partial charge in [-0.25, -0.2) is 0 Å². The van der Waals surface area contributed by atoms with Crippen molar-refractivity contribution in [3.8, 4) is 0 Å². The van der Waals surface area contributed by atoms with Crippen LogP contribution in [0.5, 0.6) is 0 Å². The molecule has 0 amide bonds. The summed E-state index contributed by atoms with van der Waals surface area (Å²) >= 11 is 0. The molecule has 96 valence electrons. The summed E-state index contributed by atoms with van der Waals surface area (Å²) < 4.78 is 29.0. The van der Waals surface area contributed by atoms with Gasteiger partial charge in [-0.15, -0.1) is 0 Å². The van der Waals surface area contributed by atoms with Crippen LogP contribution in [0.4, 0.5) is 0 Å². The molecule has 0 spiro atoms. The van der Waals surface area contributed by atoms with E-state index in [1.807, 2.05) is 0 Å². The largest absolute Gasteiger partial charge is 2.00 e. The minimum Gasteiger partial charge on any atom is -0.809 e. The summed E-state index contributed by atoms with van der Waals surface area (Å²) in [7, 11) is -8.31. The summed E-state index contributed by atoms with van der Waals surface area (Å²) in [5.74, 6) is -1.86. The van der Waals surface area contributed by atoms with Crippen LogP contribution in [0.2, 0.25) is 0 Å². The van der Waals surface area contributed by atoms with Crippen molar-refractivity contribution in [2.45, 2.75) is 37.7 Å². The van der Waals surface area contributed by atoms with Gasteiger partial charge in [0.05, 0.1) is 12.2 Å². The van der Waals surface area contributed by atoms with Crippen LogP contribution in [0.3, 0.4) is 0 Å². The summed E-state index contributed by atoms with van der Waals surface area (Å²) in [6.07, 6.45) is -0.633. The van der Waals surface area contributed by atoms with Gasteiger partial charge in [-0.2, -0.15) is 0 Å². The summed E-state index contributed by atoms with van der Waals surface area (Å²) in [6.45, 7) is 3.18. The van der Waals surface area contributed by atoms with Gasteiger partial charge in [0.15, 0.2) is 5.85 Å². The molecule has 8 nitrogen and oxygen atoms in total. The molecule has 0 unspecified atom stereocenters. The molecule has 2 aliphatic heterocycles. The first-order valence-corrected chi connectivity index (χ1v) is 7.70. The van der Waals surface area contributed by atoms with Crippen molar-refractivity contribution in [3.05, 3.63) is 0 Å². The van der Waals surface area contributed by atoms with Crippen LogP contribution >= 0.6 is 15.2 Å². The zero-order valence-corrected chi connectivity index (χ0v) is 13.3. The van der Waals surface area contributed by atoms with Gasteiger partial charge in [-0.3, -0.25) is 4.57 Å². The molecule has 2 fully saturated rings. The average molecular weight is 314 g/mol. The summed E-state index contributed by atoms with van der Waals surface area (Å²) in [6, 6.07) is 0. The van der Waals surface area contributed by atoms with Crippen molar-refractivity contribution in [2.75, 3.05) is 0 Å². The van der Waals surface area contributed by atoms with Gasteiger partial charge in [0.2, 0.25) is 0 Å². The molecule has 0 aromatic rings. The third-order valence-corrected chi connectivity index (χ3v) is 4.37. The fourth-order valence-corrected chi connectivity index (χ4v) is 2.79. The number of rotatable bonds is 2. The fourth-order valence-electron chi connectivity index (χ4n) is 1.03. The summed E-state index contributed by atoms with van der Waals surface area (Å²) in [5.41, 5.74) is 0. The predicted octanol–water partition coefficient (Wildman–Crippen LogP) is -1.83. The molecule has 0 aliphatic carbocycles. The monoisotopic (exact) mass is 314 g/mol. The molecule has 2 aliphatic rings. The molecule has 2 N–H and O–H groups in total. The molecular formula is C6H12CaO8P2. The van der Waals surface area contributed by atoms with E-state index in [2.05, 4.69) is 9.47 Å². The minimum absolute atomic E-state index is 0. The fraction of sp³-hybridized carbons (Fsp3) is 1.00. The normalized spacial score (nSPS) is 35.2. The molecule has 2 rings (SSSR count). The molecule has 0 aromatic heterocycles. The van der Waals surface area contributed by atoms with E-state index in [0.717, 1.165) is 0 Å².